The van der Waals surface area contributed by atoms with Crippen LogP contribution >= 0.6 is 0 Å². The molecule has 1 saturated carbocycles. The molecule has 14 heteroatoms. The zero-order chi connectivity index (χ0) is 28.2. The minimum atomic E-state index is -1.31. The van der Waals surface area contributed by atoms with Crippen LogP contribution in [0, 0.1) is 0 Å². The molecule has 0 aromatic carbocycles. The first-order valence-electron chi connectivity index (χ1n) is 13.2. The second-order valence-electron chi connectivity index (χ2n) is 10.6. The second-order valence-corrected chi connectivity index (χ2v) is 10.6. The lowest BCUT2D eigenvalue weighted by Crippen LogP contribution is -2.69. The van der Waals surface area contributed by atoms with Crippen molar-refractivity contribution in [2.45, 2.75) is 106 Å². The van der Waals surface area contributed by atoms with Crippen LogP contribution < -0.4 is 33.2 Å². The quantitative estimate of drug-likeness (QED) is 0.129. The maximum atomic E-state index is 11.8. The van der Waals surface area contributed by atoms with Gasteiger partial charge in [0.15, 0.2) is 6.29 Å². The van der Waals surface area contributed by atoms with Crippen molar-refractivity contribution in [3.63, 3.8) is 0 Å². The lowest BCUT2D eigenvalue weighted by atomic mass is 9.83. The van der Waals surface area contributed by atoms with Gasteiger partial charge in [-0.25, -0.2) is 0 Å². The molecule has 0 spiro atoms. The van der Waals surface area contributed by atoms with Gasteiger partial charge < -0.3 is 67.4 Å². The van der Waals surface area contributed by atoms with Gasteiger partial charge in [0.05, 0.1) is 31.3 Å². The number of carbonyl (C=O) groups excluding carboxylic acids is 1. The van der Waals surface area contributed by atoms with E-state index in [9.17, 15) is 20.1 Å². The first-order valence-corrected chi connectivity index (χ1v) is 13.2. The summed E-state index contributed by atoms with van der Waals surface area (Å²) in [6, 6.07) is -2.85. The summed E-state index contributed by atoms with van der Waals surface area (Å²) in [6.07, 6.45) is -3.65. The van der Waals surface area contributed by atoms with Gasteiger partial charge in [0, 0.05) is 12.1 Å². The minimum absolute atomic E-state index is 0.0757. The number of likely N-dealkylation sites (N-methyl/N-ethyl adjacent to an activating group) is 2. The summed E-state index contributed by atoms with van der Waals surface area (Å²) in [6.45, 7) is 5.70. The third-order valence-electron chi connectivity index (χ3n) is 7.29. The van der Waals surface area contributed by atoms with Crippen LogP contribution in [0.25, 0.3) is 0 Å². The van der Waals surface area contributed by atoms with Crippen molar-refractivity contribution in [3.05, 3.63) is 11.8 Å². The number of aliphatic hydroxyl groups excluding tert-OH is 2. The van der Waals surface area contributed by atoms with Crippen LogP contribution in [-0.4, -0.2) is 121 Å². The largest absolute Gasteiger partial charge is 0.466 e. The Morgan fingerprint density at radius 1 is 1.21 bits per heavy atom. The number of amides is 1. The molecule has 0 radical (unpaired) electrons. The minimum Gasteiger partial charge on any atom is -0.466 e. The molecule has 38 heavy (non-hydrogen) atoms. The van der Waals surface area contributed by atoms with Crippen LogP contribution in [0.2, 0.25) is 0 Å². The van der Waals surface area contributed by atoms with Crippen molar-refractivity contribution in [1.29, 1.82) is 0 Å². The molecule has 1 saturated heterocycles. The SMILES string of the molecule is CCN[C@@H]1C[C@H](N)[C@@H](O[C@H]2OC(CNC(=O)[C@H](C)N)=CCC2N)[C@H](O)[C@H]1O[C@H]1OC[C@](C)(O)[C@H](NC)[C@H]1O. The van der Waals surface area contributed by atoms with E-state index in [1.54, 1.807) is 27.0 Å². The topological polar surface area (TPSA) is 229 Å². The fourth-order valence-corrected chi connectivity index (χ4v) is 5.17. The normalized spacial score (nSPS) is 42.6. The van der Waals surface area contributed by atoms with Gasteiger partial charge in [0.1, 0.15) is 35.8 Å². The van der Waals surface area contributed by atoms with Gasteiger partial charge in [-0.05, 0) is 46.4 Å². The van der Waals surface area contributed by atoms with Gasteiger partial charge in [0.25, 0.3) is 0 Å². The summed E-state index contributed by atoms with van der Waals surface area (Å²) in [4.78, 5) is 11.8. The molecule has 1 unspecified atom stereocenters. The fraction of sp³-hybridized carbons (Fsp3) is 0.875. The molecule has 0 aromatic rings. The van der Waals surface area contributed by atoms with E-state index in [1.165, 1.54) is 0 Å². The zero-order valence-corrected chi connectivity index (χ0v) is 22.6. The Morgan fingerprint density at radius 2 is 1.89 bits per heavy atom. The molecule has 12 N–H and O–H groups in total. The highest BCUT2D eigenvalue weighted by Crippen LogP contribution is 2.32. The highest BCUT2D eigenvalue weighted by Gasteiger charge is 2.51. The van der Waals surface area contributed by atoms with Crippen molar-refractivity contribution in [3.8, 4) is 0 Å². The van der Waals surface area contributed by atoms with Gasteiger partial charge in [-0.2, -0.15) is 0 Å². The molecule has 1 amide bonds. The number of nitrogens with one attached hydrogen (secondary N) is 3. The maximum absolute atomic E-state index is 11.8. The summed E-state index contributed by atoms with van der Waals surface area (Å²) in [5, 5.41) is 41.7. The van der Waals surface area contributed by atoms with E-state index in [1.807, 2.05) is 6.92 Å². The summed E-state index contributed by atoms with van der Waals surface area (Å²) >= 11 is 0. The van der Waals surface area contributed by atoms with Crippen molar-refractivity contribution >= 4 is 5.91 Å². The fourth-order valence-electron chi connectivity index (χ4n) is 5.17. The van der Waals surface area contributed by atoms with Crippen LogP contribution in [0.3, 0.4) is 0 Å². The third kappa shape index (κ3) is 7.20. The Balaban J connectivity index is 1.70. The summed E-state index contributed by atoms with van der Waals surface area (Å²) in [7, 11) is 1.63. The Hall–Kier alpha value is -1.43. The zero-order valence-electron chi connectivity index (χ0n) is 22.6. The maximum Gasteiger partial charge on any atom is 0.237 e. The van der Waals surface area contributed by atoms with Crippen LogP contribution in [0.15, 0.2) is 11.8 Å². The molecule has 220 valence electrons. The van der Waals surface area contributed by atoms with Gasteiger partial charge in [-0.1, -0.05) is 6.92 Å². The summed E-state index contributed by atoms with van der Waals surface area (Å²) in [5.74, 6) is 0.141. The number of nitrogens with two attached hydrogens (primary N) is 3. The average molecular weight is 547 g/mol. The molecule has 1 aliphatic carbocycles. The van der Waals surface area contributed by atoms with Gasteiger partial charge >= 0.3 is 0 Å². The van der Waals surface area contributed by atoms with Crippen molar-refractivity contribution < 1.29 is 39.1 Å². The monoisotopic (exact) mass is 546 g/mol. The molecule has 12 atom stereocenters. The van der Waals surface area contributed by atoms with E-state index < -0.39 is 66.8 Å². The molecule has 14 nitrogen and oxygen atoms in total. The van der Waals surface area contributed by atoms with E-state index >= 15 is 0 Å². The molecule has 3 rings (SSSR count). The molecular weight excluding hydrogens is 500 g/mol. The lowest BCUT2D eigenvalue weighted by molar-refractivity contribution is -0.304. The van der Waals surface area contributed by atoms with E-state index in [0.29, 0.717) is 25.1 Å². The summed E-state index contributed by atoms with van der Waals surface area (Å²) in [5.41, 5.74) is 16.9. The number of carbonyl (C=O) groups is 1. The Morgan fingerprint density at radius 3 is 2.53 bits per heavy atom. The molecule has 3 aliphatic rings. The Kier molecular flexibility index (Phi) is 10.9. The van der Waals surface area contributed by atoms with E-state index in [2.05, 4.69) is 16.0 Å². The molecule has 0 aromatic heterocycles. The first-order chi connectivity index (χ1) is 17.9. The van der Waals surface area contributed by atoms with Crippen LogP contribution in [0.5, 0.6) is 0 Å². The molecule has 0 bridgehead atoms. The van der Waals surface area contributed by atoms with Crippen molar-refractivity contribution in [2.24, 2.45) is 17.2 Å². The standard InChI is InChI=1S/C24H46N6O8/c1-5-29-15-8-14(27)18(37-22-13(26)7-6-12(36-22)9-30-21(33)11(2)25)16(31)19(15)38-23-17(32)20(28-4)24(3,34)10-35-23/h6,11,13-20,22-23,28-29,31-32,34H,5,7-10,25-27H2,1-4H3,(H,30,33)/t11-,13?,14-,15+,16-,17+,18+,19-,20+,22+,23+,24-/m0/s1. The van der Waals surface area contributed by atoms with E-state index in [-0.39, 0.29) is 25.1 Å². The smallest absolute Gasteiger partial charge is 0.237 e. The lowest BCUT2D eigenvalue weighted by Gasteiger charge is -2.49. The molecular formula is C24H46N6O8. The molecule has 2 fully saturated rings. The second kappa shape index (κ2) is 13.3. The molecule has 2 aliphatic heterocycles. The number of hydrogen-bond donors (Lipinski definition) is 9. The predicted molar refractivity (Wildman–Crippen MR) is 137 cm³/mol. The Labute approximate surface area is 223 Å². The van der Waals surface area contributed by atoms with E-state index in [4.69, 9.17) is 36.1 Å². The van der Waals surface area contributed by atoms with Gasteiger partial charge in [0.2, 0.25) is 12.2 Å². The van der Waals surface area contributed by atoms with Crippen LogP contribution in [0.1, 0.15) is 33.6 Å². The number of ether oxygens (including phenoxy) is 4. The number of hydrogen-bond acceptors (Lipinski definition) is 13. The van der Waals surface area contributed by atoms with Gasteiger partial charge in [-0.15, -0.1) is 0 Å². The van der Waals surface area contributed by atoms with E-state index in [0.717, 1.165) is 0 Å². The van der Waals surface area contributed by atoms with Crippen LogP contribution in [-0.2, 0) is 23.7 Å². The highest BCUT2D eigenvalue weighted by molar-refractivity contribution is 5.81. The highest BCUT2D eigenvalue weighted by atomic mass is 16.7. The van der Waals surface area contributed by atoms with Crippen molar-refractivity contribution in [1.82, 2.24) is 16.0 Å². The van der Waals surface area contributed by atoms with Crippen LogP contribution in [0.4, 0.5) is 0 Å². The molecule has 2 heterocycles. The average Bonchev–Trinajstić information content (AvgIpc) is 2.85. The number of rotatable bonds is 10. The third-order valence-corrected chi connectivity index (χ3v) is 7.29. The number of aliphatic hydroxyl groups is 3. The summed E-state index contributed by atoms with van der Waals surface area (Å²) < 4.78 is 23.8. The van der Waals surface area contributed by atoms with Crippen molar-refractivity contribution in [2.75, 3.05) is 26.7 Å². The van der Waals surface area contributed by atoms with Gasteiger partial charge in [-0.3, -0.25) is 4.79 Å². The first kappa shape index (κ1) is 31.1. The Bertz CT molecular complexity index is 817. The predicted octanol–water partition coefficient (Wildman–Crippen LogP) is -3.70.